The molecule has 17 aromatic rings. The molecule has 0 saturated heterocycles. The highest BCUT2D eigenvalue weighted by Gasteiger charge is 2.43. The molecule has 0 atom stereocenters. The van der Waals surface area contributed by atoms with Crippen molar-refractivity contribution in [2.45, 2.75) is 0 Å². The molecule has 466 valence electrons. The molecule has 0 N–H and O–H groups in total. The van der Waals surface area contributed by atoms with Gasteiger partial charge in [0.1, 0.15) is 0 Å². The average molecular weight is 1270 g/mol. The summed E-state index contributed by atoms with van der Waals surface area (Å²) in [4.78, 5) is 27.1. The van der Waals surface area contributed by atoms with Crippen molar-refractivity contribution in [1.82, 2.24) is 24.5 Å². The number of aromatic nitrogens is 5. The molecule has 0 unspecified atom stereocenters. The van der Waals surface area contributed by atoms with E-state index < -0.39 is 0 Å². The number of nitrogens with zero attached hydrogens (tertiary/aromatic N) is 7. The van der Waals surface area contributed by atoms with Gasteiger partial charge in [-0.25, -0.2) is 19.9 Å². The van der Waals surface area contributed by atoms with E-state index in [0.29, 0.717) is 11.6 Å². The van der Waals surface area contributed by atoms with Gasteiger partial charge in [-0.2, -0.15) is 0 Å². The first-order valence-electron chi connectivity index (χ1n) is 34.0. The number of hydrogen-bond donors (Lipinski definition) is 0. The Morgan fingerprint density at radius 3 is 1.08 bits per heavy atom. The number of anilines is 6. The van der Waals surface area contributed by atoms with Crippen molar-refractivity contribution in [2.24, 2.45) is 0 Å². The van der Waals surface area contributed by atoms with E-state index in [4.69, 9.17) is 19.9 Å². The lowest BCUT2D eigenvalue weighted by molar-refractivity contribution is 1.13. The lowest BCUT2D eigenvalue weighted by Crippen LogP contribution is -2.61. The first-order chi connectivity index (χ1) is 49.6. The van der Waals surface area contributed by atoms with Gasteiger partial charge in [-0.1, -0.05) is 261 Å². The summed E-state index contributed by atoms with van der Waals surface area (Å²) in [5.74, 6) is 1.20. The van der Waals surface area contributed by atoms with Gasteiger partial charge in [-0.05, 0) is 153 Å². The van der Waals surface area contributed by atoms with Gasteiger partial charge in [0.25, 0.3) is 6.71 Å². The molecule has 7 nitrogen and oxygen atoms in total. The molecule has 19 rings (SSSR count). The van der Waals surface area contributed by atoms with Crippen LogP contribution in [0.5, 0.6) is 0 Å². The largest absolute Gasteiger partial charge is 0.311 e. The third-order valence-corrected chi connectivity index (χ3v) is 19.8. The van der Waals surface area contributed by atoms with E-state index in [-0.39, 0.29) is 6.71 Å². The molecule has 14 aromatic carbocycles. The molecule has 0 aliphatic carbocycles. The van der Waals surface area contributed by atoms with Crippen molar-refractivity contribution in [2.75, 3.05) is 9.80 Å². The average Bonchev–Trinajstić information content (AvgIpc) is 0.714. The van der Waals surface area contributed by atoms with E-state index in [1.54, 1.807) is 0 Å². The van der Waals surface area contributed by atoms with Crippen molar-refractivity contribution in [1.29, 1.82) is 0 Å². The first kappa shape index (κ1) is 58.1. The summed E-state index contributed by atoms with van der Waals surface area (Å²) in [7, 11) is 0. The summed E-state index contributed by atoms with van der Waals surface area (Å²) < 4.78 is 2.41. The van der Waals surface area contributed by atoms with Crippen LogP contribution >= 0.6 is 0 Å². The monoisotopic (exact) mass is 1270 g/mol. The molecule has 2 aliphatic heterocycles. The van der Waals surface area contributed by atoms with Gasteiger partial charge in [0.2, 0.25) is 0 Å². The molecule has 0 saturated carbocycles. The summed E-state index contributed by atoms with van der Waals surface area (Å²) in [6.45, 7) is -0.0100. The molecule has 0 bridgehead atoms. The minimum atomic E-state index is -0.0100. The second-order valence-corrected chi connectivity index (χ2v) is 25.7. The van der Waals surface area contributed by atoms with Gasteiger partial charge in [-0.3, -0.25) is 0 Å². The van der Waals surface area contributed by atoms with Crippen molar-refractivity contribution in [3.63, 3.8) is 0 Å². The molecule has 2 aliphatic rings. The Kier molecular flexibility index (Phi) is 14.2. The highest BCUT2D eigenvalue weighted by Crippen LogP contribution is 2.48. The fourth-order valence-corrected chi connectivity index (χ4v) is 15.1. The topological polar surface area (TPSA) is 63.0 Å². The van der Waals surface area contributed by atoms with E-state index in [1.165, 1.54) is 27.8 Å². The predicted octanol–water partition coefficient (Wildman–Crippen LogP) is 21.4. The van der Waals surface area contributed by atoms with Crippen LogP contribution in [0.25, 0.3) is 129 Å². The third-order valence-electron chi connectivity index (χ3n) is 19.8. The predicted molar refractivity (Wildman–Crippen MR) is 415 cm³/mol. The summed E-state index contributed by atoms with van der Waals surface area (Å²) in [6.07, 6.45) is 0. The molecule has 100 heavy (non-hydrogen) atoms. The lowest BCUT2D eigenvalue weighted by atomic mass is 9.33. The number of hydrogen-bond acceptors (Lipinski definition) is 6. The standard InChI is InChI=1S/C92H60BN7/c1-8-27-61(28-9-1)67-47-50-83-74(54-67)75-55-68(62-29-10-2-11-30-62)48-51-84(75)100(83)85-52-49-70(82-59-79(63-31-12-3-13-32-63)94-91(95-82)65-35-16-5-17-36-65)56-76(85)92-96-80(64-33-14-4-15-34-64)60-81(97-92)69-38-26-37-66(53-69)71-57-88-90-89(58-71)99(73-41-20-7-21-42-73)87-46-25-23-44-78(87)93(90)77-43-22-24-45-86(77)98(88)72-39-18-6-19-40-72/h1-60H. The minimum absolute atomic E-state index is 0.0100. The smallest absolute Gasteiger partial charge is 0.252 e. The molecule has 5 heterocycles. The maximum Gasteiger partial charge on any atom is 0.252 e. The zero-order chi connectivity index (χ0) is 66.0. The first-order valence-corrected chi connectivity index (χ1v) is 34.0. The fourth-order valence-electron chi connectivity index (χ4n) is 15.1. The van der Waals surface area contributed by atoms with Gasteiger partial charge >= 0.3 is 0 Å². The van der Waals surface area contributed by atoms with Crippen LogP contribution in [-0.2, 0) is 0 Å². The van der Waals surface area contributed by atoms with Crippen LogP contribution < -0.4 is 26.2 Å². The summed E-state index contributed by atoms with van der Waals surface area (Å²) in [5.41, 5.74) is 29.1. The van der Waals surface area contributed by atoms with Crippen LogP contribution in [0.15, 0.2) is 364 Å². The van der Waals surface area contributed by atoms with E-state index in [1.807, 2.05) is 24.3 Å². The minimum Gasteiger partial charge on any atom is -0.311 e. The van der Waals surface area contributed by atoms with Crippen LogP contribution in [-0.4, -0.2) is 31.2 Å². The highest BCUT2D eigenvalue weighted by molar-refractivity contribution is 7.00. The van der Waals surface area contributed by atoms with E-state index in [2.05, 4.69) is 354 Å². The van der Waals surface area contributed by atoms with E-state index in [9.17, 15) is 0 Å². The maximum absolute atomic E-state index is 5.84. The van der Waals surface area contributed by atoms with Crippen LogP contribution in [0.4, 0.5) is 34.1 Å². The van der Waals surface area contributed by atoms with Crippen molar-refractivity contribution in [3.05, 3.63) is 364 Å². The molecule has 3 aromatic heterocycles. The zero-order valence-electron chi connectivity index (χ0n) is 54.3. The Morgan fingerprint density at radius 1 is 0.220 bits per heavy atom. The van der Waals surface area contributed by atoms with Crippen molar-refractivity contribution < 1.29 is 0 Å². The number of fused-ring (bicyclic) bond motifs is 7. The molecule has 0 amide bonds. The van der Waals surface area contributed by atoms with Gasteiger partial charge in [0.05, 0.1) is 39.5 Å². The molecule has 0 radical (unpaired) electrons. The van der Waals surface area contributed by atoms with E-state index in [0.717, 1.165) is 140 Å². The number of para-hydroxylation sites is 4. The Balaban J connectivity index is 0.846. The van der Waals surface area contributed by atoms with Crippen LogP contribution in [0.1, 0.15) is 0 Å². The van der Waals surface area contributed by atoms with Crippen LogP contribution in [0.2, 0.25) is 0 Å². The van der Waals surface area contributed by atoms with Gasteiger partial charge < -0.3 is 14.4 Å². The summed E-state index contributed by atoms with van der Waals surface area (Å²) in [5, 5.41) is 2.27. The summed E-state index contributed by atoms with van der Waals surface area (Å²) in [6, 6.07) is 131. The molecular formula is C92H60BN7. The Labute approximate surface area is 580 Å². The van der Waals surface area contributed by atoms with Crippen LogP contribution in [0.3, 0.4) is 0 Å². The Morgan fingerprint density at radius 2 is 0.590 bits per heavy atom. The maximum atomic E-state index is 5.84. The number of rotatable bonds is 12. The SMILES string of the molecule is c1ccc(-c2ccc3c(c2)c2cc(-c4ccccc4)ccc2n3-c2ccc(-c3cc(-c4ccccc4)nc(-c4ccccc4)n3)cc2-c2nc(-c3ccccc3)cc(-c3cccc(-c4cc5c6c(c4)N(c4ccccc4)c4ccccc4B6c4ccccc4N5c4ccccc4)c3)n2)cc1. The quantitative estimate of drug-likeness (QED) is 0.114. The molecule has 8 heteroatoms. The van der Waals surface area contributed by atoms with Gasteiger partial charge in [0.15, 0.2) is 11.6 Å². The van der Waals surface area contributed by atoms with Crippen LogP contribution in [0, 0.1) is 0 Å². The molecule has 0 spiro atoms. The third kappa shape index (κ3) is 10.2. The molecule has 0 fully saturated rings. The fraction of sp³-hybridized carbons (Fsp3) is 0. The second kappa shape index (κ2) is 24.4. The van der Waals surface area contributed by atoms with Gasteiger partial charge in [0, 0.05) is 78.3 Å². The van der Waals surface area contributed by atoms with Crippen molar-refractivity contribution >= 4 is 79.0 Å². The normalized spacial score (nSPS) is 12.1. The lowest BCUT2D eigenvalue weighted by Gasteiger charge is -2.44. The van der Waals surface area contributed by atoms with E-state index >= 15 is 0 Å². The van der Waals surface area contributed by atoms with Gasteiger partial charge in [-0.15, -0.1) is 0 Å². The highest BCUT2D eigenvalue weighted by atomic mass is 15.2. The summed E-state index contributed by atoms with van der Waals surface area (Å²) >= 11 is 0. The Bertz CT molecular complexity index is 5700. The second-order valence-electron chi connectivity index (χ2n) is 25.7. The van der Waals surface area contributed by atoms with Crippen molar-refractivity contribution in [3.8, 4) is 107 Å². The zero-order valence-corrected chi connectivity index (χ0v) is 54.3. The Hall–Kier alpha value is -13.3. The number of benzene rings is 14. The molecular weight excluding hydrogens is 1210 g/mol.